The molecule has 0 bridgehead atoms. The second kappa shape index (κ2) is 7.98. The summed E-state index contributed by atoms with van der Waals surface area (Å²) >= 11 is 7.18. The van der Waals surface area contributed by atoms with Gasteiger partial charge in [0.2, 0.25) is 15.9 Å². The number of pyridine rings is 1. The van der Waals surface area contributed by atoms with Crippen LogP contribution in [0.25, 0.3) is 0 Å². The van der Waals surface area contributed by atoms with Crippen LogP contribution in [0.3, 0.4) is 0 Å². The van der Waals surface area contributed by atoms with Crippen molar-refractivity contribution in [2.75, 3.05) is 25.2 Å². The van der Waals surface area contributed by atoms with Crippen LogP contribution in [-0.4, -0.2) is 43.5 Å². The number of benzene rings is 1. The van der Waals surface area contributed by atoms with Crippen molar-refractivity contribution in [2.45, 2.75) is 9.92 Å². The second-order valence-corrected chi connectivity index (χ2v) is 8.49. The average Bonchev–Trinajstić information content (AvgIpc) is 2.55. The third-order valence-corrected chi connectivity index (χ3v) is 6.06. The molecular weight excluding hydrogens is 370 g/mol. The third-order valence-electron chi connectivity index (χ3n) is 2.99. The highest BCUT2D eigenvalue weighted by Gasteiger charge is 2.17. The summed E-state index contributed by atoms with van der Waals surface area (Å²) in [5, 5.41) is 3.73. The Morgan fingerprint density at radius 2 is 1.96 bits per heavy atom. The van der Waals surface area contributed by atoms with Gasteiger partial charge >= 0.3 is 0 Å². The molecule has 1 aromatic heterocycles. The van der Waals surface area contributed by atoms with Gasteiger partial charge in [-0.15, -0.1) is 0 Å². The molecular formula is C15H16ClN3O3S2. The van der Waals surface area contributed by atoms with Crippen molar-refractivity contribution < 1.29 is 13.2 Å². The Kier molecular flexibility index (Phi) is 6.22. The zero-order valence-corrected chi connectivity index (χ0v) is 15.5. The van der Waals surface area contributed by atoms with Crippen LogP contribution < -0.4 is 5.32 Å². The van der Waals surface area contributed by atoms with Gasteiger partial charge in [0.05, 0.1) is 21.5 Å². The van der Waals surface area contributed by atoms with E-state index in [4.69, 9.17) is 11.6 Å². The molecule has 24 heavy (non-hydrogen) atoms. The van der Waals surface area contributed by atoms with Crippen LogP contribution in [0.15, 0.2) is 52.5 Å². The number of sulfonamides is 1. The molecule has 1 N–H and O–H groups in total. The number of anilines is 1. The van der Waals surface area contributed by atoms with E-state index in [2.05, 4.69) is 10.3 Å². The molecule has 0 aliphatic rings. The van der Waals surface area contributed by atoms with Crippen molar-refractivity contribution in [3.63, 3.8) is 0 Å². The van der Waals surface area contributed by atoms with Gasteiger partial charge in [0.25, 0.3) is 0 Å². The maximum Gasteiger partial charge on any atom is 0.244 e. The van der Waals surface area contributed by atoms with Gasteiger partial charge in [-0.1, -0.05) is 35.5 Å². The first-order chi connectivity index (χ1) is 11.3. The van der Waals surface area contributed by atoms with Crippen LogP contribution in [0.1, 0.15) is 0 Å². The van der Waals surface area contributed by atoms with Gasteiger partial charge in [-0.25, -0.2) is 17.7 Å². The molecule has 1 amide bonds. The molecule has 0 aliphatic heterocycles. The highest BCUT2D eigenvalue weighted by atomic mass is 35.5. The van der Waals surface area contributed by atoms with Crippen LogP contribution >= 0.6 is 23.4 Å². The lowest BCUT2D eigenvalue weighted by Crippen LogP contribution is -2.22. The number of para-hydroxylation sites is 1. The number of nitrogens with zero attached hydrogens (tertiary/aromatic N) is 2. The fraction of sp³-hybridized carbons (Fsp3) is 0.200. The highest BCUT2D eigenvalue weighted by molar-refractivity contribution is 7.99. The molecule has 9 heteroatoms. The topological polar surface area (TPSA) is 79.4 Å². The summed E-state index contributed by atoms with van der Waals surface area (Å²) < 4.78 is 25.0. The minimum absolute atomic E-state index is 0.109. The third kappa shape index (κ3) is 4.70. The van der Waals surface area contributed by atoms with Crippen molar-refractivity contribution in [2.24, 2.45) is 0 Å². The number of carbonyl (C=O) groups is 1. The largest absolute Gasteiger partial charge is 0.324 e. The van der Waals surface area contributed by atoms with Gasteiger partial charge < -0.3 is 5.32 Å². The van der Waals surface area contributed by atoms with Crippen molar-refractivity contribution in [1.82, 2.24) is 9.29 Å². The summed E-state index contributed by atoms with van der Waals surface area (Å²) in [6, 6.07) is 10.0. The van der Waals surface area contributed by atoms with E-state index in [0.29, 0.717) is 15.7 Å². The van der Waals surface area contributed by atoms with Crippen LogP contribution in [-0.2, 0) is 14.8 Å². The molecule has 0 saturated carbocycles. The fourth-order valence-electron chi connectivity index (χ4n) is 1.70. The molecule has 128 valence electrons. The van der Waals surface area contributed by atoms with Crippen LogP contribution in [0.4, 0.5) is 5.69 Å². The molecule has 1 aromatic carbocycles. The summed E-state index contributed by atoms with van der Waals surface area (Å²) in [7, 11) is -0.592. The van der Waals surface area contributed by atoms with E-state index in [0.717, 1.165) is 4.31 Å². The van der Waals surface area contributed by atoms with E-state index in [1.54, 1.807) is 30.3 Å². The SMILES string of the molecule is CN(C)S(=O)(=O)c1ccc(SCC(=O)Nc2ccccc2Cl)nc1. The minimum Gasteiger partial charge on any atom is -0.324 e. The molecule has 0 fully saturated rings. The summed E-state index contributed by atoms with van der Waals surface area (Å²) in [4.78, 5) is 16.1. The number of hydrogen-bond donors (Lipinski definition) is 1. The summed E-state index contributed by atoms with van der Waals surface area (Å²) in [6.07, 6.45) is 1.28. The fourth-order valence-corrected chi connectivity index (χ4v) is 3.38. The zero-order valence-electron chi connectivity index (χ0n) is 13.1. The number of hydrogen-bond acceptors (Lipinski definition) is 5. The first kappa shape index (κ1) is 18.7. The number of amides is 1. The zero-order chi connectivity index (χ0) is 17.7. The highest BCUT2D eigenvalue weighted by Crippen LogP contribution is 2.22. The monoisotopic (exact) mass is 385 g/mol. The van der Waals surface area contributed by atoms with Gasteiger partial charge in [-0.3, -0.25) is 4.79 Å². The number of halogens is 1. The molecule has 1 heterocycles. The van der Waals surface area contributed by atoms with Gasteiger partial charge in [0, 0.05) is 20.3 Å². The Bertz CT molecular complexity index is 824. The van der Waals surface area contributed by atoms with E-state index >= 15 is 0 Å². The molecule has 0 atom stereocenters. The Balaban J connectivity index is 1.95. The number of rotatable bonds is 6. The number of thioether (sulfide) groups is 1. The number of carbonyl (C=O) groups excluding carboxylic acids is 1. The van der Waals surface area contributed by atoms with Crippen LogP contribution in [0, 0.1) is 0 Å². The molecule has 2 aromatic rings. The predicted molar refractivity (Wildman–Crippen MR) is 95.9 cm³/mol. The molecule has 0 unspecified atom stereocenters. The van der Waals surface area contributed by atoms with Crippen molar-refractivity contribution in [1.29, 1.82) is 0 Å². The molecule has 0 saturated heterocycles. The van der Waals surface area contributed by atoms with E-state index in [1.165, 1.54) is 38.1 Å². The van der Waals surface area contributed by atoms with E-state index in [-0.39, 0.29) is 16.6 Å². The lowest BCUT2D eigenvalue weighted by atomic mass is 10.3. The molecule has 6 nitrogen and oxygen atoms in total. The van der Waals surface area contributed by atoms with Gasteiger partial charge in [-0.2, -0.15) is 0 Å². The van der Waals surface area contributed by atoms with Crippen LogP contribution in [0.2, 0.25) is 5.02 Å². The van der Waals surface area contributed by atoms with E-state index in [1.807, 2.05) is 0 Å². The Morgan fingerprint density at radius 1 is 1.25 bits per heavy atom. The quantitative estimate of drug-likeness (QED) is 0.773. The number of aromatic nitrogens is 1. The second-order valence-electron chi connectivity index (χ2n) is 4.94. The maximum absolute atomic E-state index is 11.9. The molecule has 2 rings (SSSR count). The predicted octanol–water partition coefficient (Wildman–Crippen LogP) is 2.72. The minimum atomic E-state index is -3.50. The van der Waals surface area contributed by atoms with Crippen molar-refractivity contribution in [3.8, 4) is 0 Å². The van der Waals surface area contributed by atoms with Crippen molar-refractivity contribution in [3.05, 3.63) is 47.6 Å². The standard InChI is InChI=1S/C15H16ClN3O3S2/c1-19(2)24(21,22)11-7-8-15(17-9-11)23-10-14(20)18-13-6-4-3-5-12(13)16/h3-9H,10H2,1-2H3,(H,18,20). The Hall–Kier alpha value is -1.61. The number of nitrogens with one attached hydrogen (secondary N) is 1. The first-order valence-electron chi connectivity index (χ1n) is 6.86. The molecule has 0 radical (unpaired) electrons. The maximum atomic E-state index is 11.9. The van der Waals surface area contributed by atoms with Gasteiger partial charge in [-0.05, 0) is 24.3 Å². The summed E-state index contributed by atoms with van der Waals surface area (Å²) in [5.74, 6) is -0.0854. The van der Waals surface area contributed by atoms with Crippen LogP contribution in [0.5, 0.6) is 0 Å². The Labute approximate surface area is 150 Å². The lowest BCUT2D eigenvalue weighted by molar-refractivity contribution is -0.113. The molecule has 0 aliphatic carbocycles. The summed E-state index contributed by atoms with van der Waals surface area (Å²) in [5.41, 5.74) is 0.546. The van der Waals surface area contributed by atoms with E-state index in [9.17, 15) is 13.2 Å². The Morgan fingerprint density at radius 3 is 2.54 bits per heavy atom. The average molecular weight is 386 g/mol. The smallest absolute Gasteiger partial charge is 0.244 e. The molecule has 0 spiro atoms. The van der Waals surface area contributed by atoms with Gasteiger partial charge in [0.1, 0.15) is 4.90 Å². The summed E-state index contributed by atoms with van der Waals surface area (Å²) in [6.45, 7) is 0. The van der Waals surface area contributed by atoms with Gasteiger partial charge in [0.15, 0.2) is 0 Å². The normalized spacial score (nSPS) is 11.5. The van der Waals surface area contributed by atoms with Crippen molar-refractivity contribution >= 4 is 45.0 Å². The lowest BCUT2D eigenvalue weighted by Gasteiger charge is -2.11. The first-order valence-corrected chi connectivity index (χ1v) is 9.67. The van der Waals surface area contributed by atoms with E-state index < -0.39 is 10.0 Å².